The summed E-state index contributed by atoms with van der Waals surface area (Å²) >= 11 is 0. The zero-order valence-corrected chi connectivity index (χ0v) is 8.99. The van der Waals surface area contributed by atoms with Gasteiger partial charge in [-0.05, 0) is 26.8 Å². The minimum Gasteiger partial charge on any atom is -0.298 e. The number of carbonyl (C=O) groups is 1. The Morgan fingerprint density at radius 3 is 2.93 bits per heavy atom. The van der Waals surface area contributed by atoms with Gasteiger partial charge in [0.1, 0.15) is 5.78 Å². The van der Waals surface area contributed by atoms with Crippen molar-refractivity contribution in [3.63, 3.8) is 0 Å². The lowest BCUT2D eigenvalue weighted by molar-refractivity contribution is -0.125. The van der Waals surface area contributed by atoms with Crippen LogP contribution < -0.4 is 0 Å². The van der Waals surface area contributed by atoms with Crippen LogP contribution in [0.3, 0.4) is 0 Å². The number of likely N-dealkylation sites (N-methyl/N-ethyl adjacent to an activating group) is 1. The van der Waals surface area contributed by atoms with E-state index in [4.69, 9.17) is 5.26 Å². The number of nitrogens with zero attached hydrogens (tertiary/aromatic N) is 2. The summed E-state index contributed by atoms with van der Waals surface area (Å²) in [6.07, 6.45) is 3.86. The normalized spacial score (nSPS) is 24.7. The molecule has 0 heterocycles. The summed E-state index contributed by atoms with van der Waals surface area (Å²) in [6, 6.07) is 2.27. The zero-order valence-electron chi connectivity index (χ0n) is 8.99. The van der Waals surface area contributed by atoms with Crippen LogP contribution in [0.2, 0.25) is 0 Å². The topological polar surface area (TPSA) is 44.1 Å². The summed E-state index contributed by atoms with van der Waals surface area (Å²) < 4.78 is 0. The van der Waals surface area contributed by atoms with Gasteiger partial charge in [-0.2, -0.15) is 5.26 Å². The number of nitriles is 1. The van der Waals surface area contributed by atoms with Crippen LogP contribution in [0.5, 0.6) is 0 Å². The summed E-state index contributed by atoms with van der Waals surface area (Å²) in [5, 5.41) is 8.69. The number of carbonyl (C=O) groups excluding carboxylic acids is 1. The van der Waals surface area contributed by atoms with Gasteiger partial charge in [-0.3, -0.25) is 9.69 Å². The highest BCUT2D eigenvalue weighted by molar-refractivity contribution is 5.84. The summed E-state index contributed by atoms with van der Waals surface area (Å²) in [4.78, 5) is 13.6. The SMILES string of the molecule is CC(C#N)CN(C)C1CCCCC1=O. The van der Waals surface area contributed by atoms with Gasteiger partial charge in [-0.1, -0.05) is 6.42 Å². The van der Waals surface area contributed by atoms with E-state index in [0.717, 1.165) is 25.7 Å². The van der Waals surface area contributed by atoms with Gasteiger partial charge in [-0.15, -0.1) is 0 Å². The molecule has 14 heavy (non-hydrogen) atoms. The quantitative estimate of drug-likeness (QED) is 0.685. The average molecular weight is 194 g/mol. The maximum atomic E-state index is 11.6. The molecule has 1 fully saturated rings. The molecule has 0 aromatic heterocycles. The lowest BCUT2D eigenvalue weighted by Gasteiger charge is -2.30. The Kier molecular flexibility index (Phi) is 4.09. The number of hydrogen-bond donors (Lipinski definition) is 0. The van der Waals surface area contributed by atoms with Crippen LogP contribution in [0.1, 0.15) is 32.6 Å². The fourth-order valence-electron chi connectivity index (χ4n) is 2.03. The van der Waals surface area contributed by atoms with Crippen LogP contribution in [0.15, 0.2) is 0 Å². The van der Waals surface area contributed by atoms with Gasteiger partial charge in [0.15, 0.2) is 0 Å². The molecule has 0 N–H and O–H groups in total. The van der Waals surface area contributed by atoms with E-state index in [1.807, 2.05) is 18.9 Å². The second-order valence-electron chi connectivity index (χ2n) is 4.20. The molecule has 0 aromatic carbocycles. The van der Waals surface area contributed by atoms with Crippen molar-refractivity contribution in [1.29, 1.82) is 5.26 Å². The van der Waals surface area contributed by atoms with Gasteiger partial charge >= 0.3 is 0 Å². The van der Waals surface area contributed by atoms with Crippen molar-refractivity contribution in [2.75, 3.05) is 13.6 Å². The molecule has 0 radical (unpaired) electrons. The number of ketones is 1. The Labute approximate surface area is 85.7 Å². The molecular weight excluding hydrogens is 176 g/mol. The molecule has 1 saturated carbocycles. The summed E-state index contributed by atoms with van der Waals surface area (Å²) in [5.41, 5.74) is 0. The predicted molar refractivity (Wildman–Crippen MR) is 54.7 cm³/mol. The highest BCUT2D eigenvalue weighted by atomic mass is 16.1. The molecule has 0 aliphatic heterocycles. The first-order valence-corrected chi connectivity index (χ1v) is 5.27. The molecule has 0 saturated heterocycles. The third-order valence-corrected chi connectivity index (χ3v) is 2.84. The molecule has 2 atom stereocenters. The van der Waals surface area contributed by atoms with Crippen molar-refractivity contribution in [1.82, 2.24) is 4.90 Å². The highest BCUT2D eigenvalue weighted by Crippen LogP contribution is 2.19. The molecule has 1 aliphatic rings. The van der Waals surface area contributed by atoms with Crippen molar-refractivity contribution in [2.45, 2.75) is 38.6 Å². The highest BCUT2D eigenvalue weighted by Gasteiger charge is 2.26. The first kappa shape index (κ1) is 11.2. The Hall–Kier alpha value is -0.880. The van der Waals surface area contributed by atoms with Gasteiger partial charge in [0, 0.05) is 13.0 Å². The Morgan fingerprint density at radius 1 is 1.64 bits per heavy atom. The van der Waals surface area contributed by atoms with Crippen molar-refractivity contribution < 1.29 is 4.79 Å². The molecule has 0 aromatic rings. The van der Waals surface area contributed by atoms with Crippen LogP contribution in [0, 0.1) is 17.2 Å². The minimum absolute atomic E-state index is 0.00901. The molecule has 0 bridgehead atoms. The van der Waals surface area contributed by atoms with Crippen molar-refractivity contribution in [2.24, 2.45) is 5.92 Å². The predicted octanol–water partition coefficient (Wildman–Crippen LogP) is 1.59. The van der Waals surface area contributed by atoms with Crippen LogP contribution in [0.4, 0.5) is 0 Å². The van der Waals surface area contributed by atoms with E-state index < -0.39 is 0 Å². The second-order valence-corrected chi connectivity index (χ2v) is 4.20. The van der Waals surface area contributed by atoms with Gasteiger partial charge in [0.25, 0.3) is 0 Å². The third-order valence-electron chi connectivity index (χ3n) is 2.84. The molecule has 1 aliphatic carbocycles. The molecule has 3 heteroatoms. The number of hydrogen-bond acceptors (Lipinski definition) is 3. The molecule has 0 spiro atoms. The lowest BCUT2D eigenvalue weighted by atomic mass is 9.92. The van der Waals surface area contributed by atoms with Gasteiger partial charge in [0.05, 0.1) is 18.0 Å². The average Bonchev–Trinajstić information content (AvgIpc) is 2.18. The minimum atomic E-state index is 0.00901. The smallest absolute Gasteiger partial charge is 0.149 e. The summed E-state index contributed by atoms with van der Waals surface area (Å²) in [6.45, 7) is 2.59. The monoisotopic (exact) mass is 194 g/mol. The van der Waals surface area contributed by atoms with Crippen LogP contribution in [-0.2, 0) is 4.79 Å². The number of rotatable bonds is 3. The Morgan fingerprint density at radius 2 is 2.36 bits per heavy atom. The van der Waals surface area contributed by atoms with Crippen LogP contribution in [-0.4, -0.2) is 30.3 Å². The molecule has 0 amide bonds. The maximum Gasteiger partial charge on any atom is 0.149 e. The molecular formula is C11H18N2O. The van der Waals surface area contributed by atoms with E-state index in [9.17, 15) is 4.79 Å². The fourth-order valence-corrected chi connectivity index (χ4v) is 2.03. The van der Waals surface area contributed by atoms with Gasteiger partial charge in [0.2, 0.25) is 0 Å². The van der Waals surface area contributed by atoms with E-state index in [2.05, 4.69) is 6.07 Å². The van der Waals surface area contributed by atoms with Crippen molar-refractivity contribution in [3.05, 3.63) is 0 Å². The standard InChI is InChI=1S/C11H18N2O/c1-9(7-12)8-13(2)10-5-3-4-6-11(10)14/h9-10H,3-6,8H2,1-2H3. The van der Waals surface area contributed by atoms with E-state index in [1.165, 1.54) is 0 Å². The Bertz CT molecular complexity index is 244. The molecule has 2 unspecified atom stereocenters. The van der Waals surface area contributed by atoms with Crippen molar-refractivity contribution in [3.8, 4) is 6.07 Å². The Balaban J connectivity index is 2.46. The summed E-state index contributed by atoms with van der Waals surface area (Å²) in [7, 11) is 1.95. The number of Topliss-reactive ketones (excluding diaryl/α,β-unsaturated/α-hetero) is 1. The second kappa shape index (κ2) is 5.11. The lowest BCUT2D eigenvalue weighted by Crippen LogP contribution is -2.42. The van der Waals surface area contributed by atoms with Crippen molar-refractivity contribution >= 4 is 5.78 Å². The van der Waals surface area contributed by atoms with Crippen LogP contribution in [0.25, 0.3) is 0 Å². The van der Waals surface area contributed by atoms with Gasteiger partial charge < -0.3 is 0 Å². The largest absolute Gasteiger partial charge is 0.298 e. The van der Waals surface area contributed by atoms with E-state index >= 15 is 0 Å². The van der Waals surface area contributed by atoms with Crippen LogP contribution >= 0.6 is 0 Å². The van der Waals surface area contributed by atoms with Gasteiger partial charge in [-0.25, -0.2) is 0 Å². The first-order valence-electron chi connectivity index (χ1n) is 5.27. The third kappa shape index (κ3) is 2.81. The molecule has 78 valence electrons. The first-order chi connectivity index (χ1) is 6.65. The zero-order chi connectivity index (χ0) is 10.6. The molecule has 3 nitrogen and oxygen atoms in total. The maximum absolute atomic E-state index is 11.6. The van der Waals surface area contributed by atoms with E-state index in [1.54, 1.807) is 0 Å². The van der Waals surface area contributed by atoms with E-state index in [-0.39, 0.29) is 12.0 Å². The van der Waals surface area contributed by atoms with E-state index in [0.29, 0.717) is 12.3 Å². The molecule has 1 rings (SSSR count). The summed E-state index contributed by atoms with van der Waals surface area (Å²) in [5.74, 6) is 0.360. The fraction of sp³-hybridized carbons (Fsp3) is 0.818.